The van der Waals surface area contributed by atoms with Crippen molar-refractivity contribution in [2.24, 2.45) is 40.1 Å². The molecule has 3 fully saturated rings. The highest BCUT2D eigenvalue weighted by molar-refractivity contribution is 8.14. The Labute approximate surface area is 195 Å². The Kier molecular flexibility index (Phi) is 5.47. The summed E-state index contributed by atoms with van der Waals surface area (Å²) in [7, 11) is 0. The summed E-state index contributed by atoms with van der Waals surface area (Å²) in [6, 6.07) is 10.2. The number of hydrogen-bond acceptors (Lipinski definition) is 4. The first-order chi connectivity index (χ1) is 15.3. The molecule has 0 unspecified atom stereocenters. The van der Waals surface area contributed by atoms with Crippen LogP contribution in [-0.4, -0.2) is 34.3 Å². The minimum Gasteiger partial charge on any atom is -0.320 e. The Bertz CT molecular complexity index is 988. The highest BCUT2D eigenvalue weighted by Crippen LogP contribution is 2.62. The van der Waals surface area contributed by atoms with E-state index < -0.39 is 0 Å². The molecule has 0 N–H and O–H groups in total. The van der Waals surface area contributed by atoms with Crippen LogP contribution in [0.1, 0.15) is 47.0 Å². The predicted octanol–water partition coefficient (Wildman–Crippen LogP) is 5.15. The molecule has 6 rings (SSSR count). The zero-order chi connectivity index (χ0) is 22.6. The number of fused-ring (bicyclic) bond motifs is 1. The summed E-state index contributed by atoms with van der Waals surface area (Å²) < 4.78 is 0. The number of carbonyl (C=O) groups excluding carboxylic acids is 2. The number of benzene rings is 1. The number of amidine groups is 1. The minimum atomic E-state index is -0.287. The minimum absolute atomic E-state index is 0.101. The van der Waals surface area contributed by atoms with Gasteiger partial charge in [0.15, 0.2) is 5.17 Å². The second-order valence-corrected chi connectivity index (χ2v) is 11.4. The van der Waals surface area contributed by atoms with Crippen LogP contribution < -0.4 is 4.90 Å². The van der Waals surface area contributed by atoms with Crippen molar-refractivity contribution in [3.63, 3.8) is 0 Å². The van der Waals surface area contributed by atoms with Crippen LogP contribution in [0, 0.1) is 35.0 Å². The molecule has 1 aromatic rings. The molecular formula is C26H33N3O2S. The van der Waals surface area contributed by atoms with Crippen LogP contribution in [0.4, 0.5) is 5.69 Å². The number of hydrogen-bond donors (Lipinski definition) is 0. The average molecular weight is 452 g/mol. The lowest BCUT2D eigenvalue weighted by Gasteiger charge is -2.54. The van der Waals surface area contributed by atoms with Gasteiger partial charge in [0.25, 0.3) is 11.8 Å². The Morgan fingerprint density at radius 3 is 2.59 bits per heavy atom. The quantitative estimate of drug-likeness (QED) is 0.471. The predicted molar refractivity (Wildman–Crippen MR) is 130 cm³/mol. The van der Waals surface area contributed by atoms with Gasteiger partial charge in [-0.05, 0) is 56.1 Å². The van der Waals surface area contributed by atoms with Gasteiger partial charge >= 0.3 is 0 Å². The summed E-state index contributed by atoms with van der Waals surface area (Å²) in [5.74, 6) is 1.23. The van der Waals surface area contributed by atoms with Crippen molar-refractivity contribution in [1.29, 1.82) is 0 Å². The Balaban J connectivity index is 1.53. The van der Waals surface area contributed by atoms with Crippen LogP contribution in [0.25, 0.3) is 0 Å². The molecule has 2 heterocycles. The number of carbonyl (C=O) groups is 2. The molecule has 2 bridgehead atoms. The lowest BCUT2D eigenvalue weighted by Crippen LogP contribution is -2.52. The number of hydrazone groups is 1. The van der Waals surface area contributed by atoms with E-state index in [4.69, 9.17) is 5.10 Å². The maximum absolute atomic E-state index is 13.7. The van der Waals surface area contributed by atoms with Crippen molar-refractivity contribution in [2.45, 2.75) is 47.0 Å². The molecule has 2 saturated heterocycles. The number of imide groups is 1. The molecule has 5 nitrogen and oxygen atoms in total. The molecule has 170 valence electrons. The van der Waals surface area contributed by atoms with E-state index in [0.717, 1.165) is 42.4 Å². The Morgan fingerprint density at radius 2 is 1.88 bits per heavy atom. The fourth-order valence-corrected chi connectivity index (χ4v) is 7.39. The zero-order valence-electron chi connectivity index (χ0n) is 19.5. The first-order valence-corrected chi connectivity index (χ1v) is 12.9. The number of para-hydroxylation sites is 1. The van der Waals surface area contributed by atoms with Gasteiger partial charge in [-0.2, -0.15) is 5.01 Å². The van der Waals surface area contributed by atoms with Gasteiger partial charge in [-0.15, -0.1) is 5.10 Å². The summed E-state index contributed by atoms with van der Waals surface area (Å²) in [6.45, 7) is 9.66. The third-order valence-corrected chi connectivity index (χ3v) is 9.33. The molecule has 3 aliphatic carbocycles. The van der Waals surface area contributed by atoms with Crippen LogP contribution in [0.3, 0.4) is 0 Å². The third-order valence-electron chi connectivity index (χ3n) is 8.27. The first kappa shape index (κ1) is 21.7. The highest BCUT2D eigenvalue weighted by atomic mass is 32.2. The number of amides is 2. The molecule has 5 aliphatic rings. The maximum atomic E-state index is 13.7. The summed E-state index contributed by atoms with van der Waals surface area (Å²) in [5, 5.41) is 6.79. The Morgan fingerprint density at radius 1 is 1.12 bits per heavy atom. The maximum Gasteiger partial charge on any atom is 0.254 e. The topological polar surface area (TPSA) is 53.0 Å². The molecule has 1 aromatic carbocycles. The average Bonchev–Trinajstić information content (AvgIpc) is 2.93. The van der Waals surface area contributed by atoms with Crippen LogP contribution in [0.2, 0.25) is 0 Å². The molecular weight excluding hydrogens is 418 g/mol. The number of nitrogens with zero attached hydrogens (tertiary/aromatic N) is 3. The first-order valence-electron chi connectivity index (χ1n) is 11.9. The van der Waals surface area contributed by atoms with Gasteiger partial charge in [-0.1, -0.05) is 62.4 Å². The van der Waals surface area contributed by atoms with Crippen molar-refractivity contribution in [1.82, 2.24) is 5.01 Å². The monoisotopic (exact) mass is 451 g/mol. The fraction of sp³-hybridized carbons (Fsp3) is 0.577. The molecule has 1 saturated carbocycles. The molecule has 0 spiro atoms. The van der Waals surface area contributed by atoms with Gasteiger partial charge in [0.05, 0.1) is 11.8 Å². The van der Waals surface area contributed by atoms with Crippen LogP contribution in [0.5, 0.6) is 0 Å². The highest BCUT2D eigenvalue weighted by Gasteiger charge is 2.65. The van der Waals surface area contributed by atoms with Gasteiger partial charge in [0, 0.05) is 23.4 Å². The second kappa shape index (κ2) is 8.05. The molecule has 6 heteroatoms. The van der Waals surface area contributed by atoms with E-state index in [1.807, 2.05) is 18.2 Å². The standard InChI is InChI=1S/C26H33N3O2S/c1-16(2)20-15-26(4)17(3)14-19(20)21-22(26)24(31)29(23(21)30)27-25-28(12-8-9-13-32-25)18-10-6-5-7-11-18/h5-7,10-11,14,16,19-22H,8-9,12-13,15H2,1-4H3/b27-25-/t19-,20-,21+,22-,26-/m1/s1. The SMILES string of the molecule is CC1=C[C@H]2[C@@H]3C(=O)N(/N=C4\SCCCCN4c4ccccc4)C(=O)[C@@H]3[C@]1(C)C[C@@H]2C(C)C. The number of thioether (sulfide) groups is 1. The lowest BCUT2D eigenvalue weighted by molar-refractivity contribution is -0.140. The normalized spacial score (nSPS) is 36.0. The third kappa shape index (κ3) is 3.25. The van der Waals surface area contributed by atoms with Crippen molar-refractivity contribution >= 4 is 34.4 Å². The van der Waals surface area contributed by atoms with E-state index in [2.05, 4.69) is 50.8 Å². The van der Waals surface area contributed by atoms with E-state index in [1.165, 1.54) is 10.6 Å². The summed E-state index contributed by atoms with van der Waals surface area (Å²) in [5.41, 5.74) is 2.07. The smallest absolute Gasteiger partial charge is 0.254 e. The van der Waals surface area contributed by atoms with Gasteiger partial charge in [0.2, 0.25) is 0 Å². The number of allylic oxidation sites excluding steroid dienone is 2. The fourth-order valence-electron chi connectivity index (χ4n) is 6.37. The van der Waals surface area contributed by atoms with Crippen molar-refractivity contribution < 1.29 is 9.59 Å². The van der Waals surface area contributed by atoms with Crippen molar-refractivity contribution in [2.75, 3.05) is 17.2 Å². The zero-order valence-corrected chi connectivity index (χ0v) is 20.3. The Hall–Kier alpha value is -2.08. The summed E-state index contributed by atoms with van der Waals surface area (Å²) in [4.78, 5) is 29.6. The van der Waals surface area contributed by atoms with Gasteiger partial charge in [-0.25, -0.2) is 0 Å². The molecule has 0 aromatic heterocycles. The van der Waals surface area contributed by atoms with Crippen LogP contribution in [0.15, 0.2) is 47.1 Å². The van der Waals surface area contributed by atoms with Crippen LogP contribution in [-0.2, 0) is 9.59 Å². The van der Waals surface area contributed by atoms with E-state index in [9.17, 15) is 9.59 Å². The van der Waals surface area contributed by atoms with Crippen molar-refractivity contribution in [3.8, 4) is 0 Å². The molecule has 0 radical (unpaired) electrons. The summed E-state index contributed by atoms with van der Waals surface area (Å²) >= 11 is 1.65. The largest absolute Gasteiger partial charge is 0.320 e. The van der Waals surface area contributed by atoms with Gasteiger partial charge in [0.1, 0.15) is 0 Å². The van der Waals surface area contributed by atoms with Gasteiger partial charge in [-0.3, -0.25) is 9.59 Å². The number of anilines is 1. The molecule has 2 aliphatic heterocycles. The summed E-state index contributed by atoms with van der Waals surface area (Å²) in [6.07, 6.45) is 5.44. The van der Waals surface area contributed by atoms with E-state index in [0.29, 0.717) is 11.8 Å². The van der Waals surface area contributed by atoms with Crippen molar-refractivity contribution in [3.05, 3.63) is 42.0 Å². The molecule has 32 heavy (non-hydrogen) atoms. The van der Waals surface area contributed by atoms with E-state index in [1.54, 1.807) is 11.8 Å². The van der Waals surface area contributed by atoms with Crippen LogP contribution >= 0.6 is 11.8 Å². The molecule has 5 atom stereocenters. The van der Waals surface area contributed by atoms with E-state index >= 15 is 0 Å². The van der Waals surface area contributed by atoms with E-state index in [-0.39, 0.29) is 35.0 Å². The second-order valence-electron chi connectivity index (χ2n) is 10.4. The number of rotatable bonds is 3. The lowest BCUT2D eigenvalue weighted by atomic mass is 9.48. The molecule has 2 amide bonds. The van der Waals surface area contributed by atoms with Gasteiger partial charge < -0.3 is 4.90 Å².